The maximum atomic E-state index is 5.52. The summed E-state index contributed by atoms with van der Waals surface area (Å²) in [4.78, 5) is 6.73. The molecular weight excluding hydrogens is 250 g/mol. The van der Waals surface area contributed by atoms with Crippen molar-refractivity contribution < 1.29 is 9.47 Å². The normalized spacial score (nSPS) is 23.3. The summed E-state index contributed by atoms with van der Waals surface area (Å²) in [6.45, 7) is 1.59. The van der Waals surface area contributed by atoms with E-state index in [1.807, 2.05) is 12.1 Å². The molecule has 98 valence electrons. The summed E-state index contributed by atoms with van der Waals surface area (Å²) >= 11 is 4.88. The lowest BCUT2D eigenvalue weighted by atomic mass is 10.3. The van der Waals surface area contributed by atoms with Crippen LogP contribution in [0.15, 0.2) is 18.3 Å². The van der Waals surface area contributed by atoms with E-state index < -0.39 is 0 Å². The molecule has 1 aliphatic rings. The first-order valence-corrected chi connectivity index (χ1v) is 6.13. The van der Waals surface area contributed by atoms with E-state index in [2.05, 4.69) is 9.88 Å². The maximum Gasteiger partial charge on any atom is 0.122 e. The lowest BCUT2D eigenvalue weighted by Gasteiger charge is -2.17. The topological polar surface area (TPSA) is 60.6 Å². The summed E-state index contributed by atoms with van der Waals surface area (Å²) in [5.41, 5.74) is 7.18. The Morgan fingerprint density at radius 3 is 2.33 bits per heavy atom. The molecule has 5 nitrogen and oxygen atoms in total. The number of ether oxygens (including phenoxy) is 2. The van der Waals surface area contributed by atoms with Gasteiger partial charge in [0.1, 0.15) is 17.2 Å². The molecule has 0 saturated carbocycles. The van der Waals surface area contributed by atoms with Crippen molar-refractivity contribution in [1.82, 2.24) is 4.98 Å². The Kier molecular flexibility index (Phi) is 4.11. The third-order valence-electron chi connectivity index (χ3n) is 3.19. The summed E-state index contributed by atoms with van der Waals surface area (Å²) in [5.74, 6) is 0. The number of nitrogens with zero attached hydrogens (tertiary/aromatic N) is 2. The van der Waals surface area contributed by atoms with Crippen LogP contribution in [0.25, 0.3) is 0 Å². The molecule has 2 rings (SSSR count). The molecule has 0 aliphatic carbocycles. The number of hydrogen-bond acceptors (Lipinski definition) is 5. The van der Waals surface area contributed by atoms with Gasteiger partial charge in [-0.2, -0.15) is 0 Å². The smallest absolute Gasteiger partial charge is 0.122 e. The van der Waals surface area contributed by atoms with Gasteiger partial charge in [0, 0.05) is 27.3 Å². The largest absolute Gasteiger partial charge is 0.388 e. The Hall–Kier alpha value is -1.24. The van der Waals surface area contributed by atoms with Crippen LogP contribution in [0.5, 0.6) is 0 Å². The molecule has 2 unspecified atom stereocenters. The zero-order valence-electron chi connectivity index (χ0n) is 10.5. The van der Waals surface area contributed by atoms with E-state index in [-0.39, 0.29) is 12.2 Å². The molecule has 0 aromatic carbocycles. The number of rotatable bonds is 4. The lowest BCUT2D eigenvalue weighted by molar-refractivity contribution is -0.00461. The Morgan fingerprint density at radius 1 is 1.33 bits per heavy atom. The van der Waals surface area contributed by atoms with Crippen LogP contribution < -0.4 is 10.6 Å². The number of methoxy groups -OCH3 is 2. The average molecular weight is 267 g/mol. The van der Waals surface area contributed by atoms with Crippen LogP contribution in [0.4, 0.5) is 5.69 Å². The number of nitrogens with two attached hydrogens (primary N) is 1. The van der Waals surface area contributed by atoms with Crippen molar-refractivity contribution in [3.05, 3.63) is 24.0 Å². The predicted molar refractivity (Wildman–Crippen MR) is 73.9 cm³/mol. The second kappa shape index (κ2) is 5.60. The number of anilines is 1. The lowest BCUT2D eigenvalue weighted by Crippen LogP contribution is -2.27. The van der Waals surface area contributed by atoms with Crippen molar-refractivity contribution in [2.45, 2.75) is 12.2 Å². The molecule has 1 aromatic heterocycles. The molecule has 0 radical (unpaired) electrons. The molecule has 0 bridgehead atoms. The van der Waals surface area contributed by atoms with Gasteiger partial charge in [-0.05, 0) is 12.1 Å². The molecule has 0 spiro atoms. The van der Waals surface area contributed by atoms with E-state index in [1.54, 1.807) is 20.4 Å². The number of aromatic nitrogens is 1. The van der Waals surface area contributed by atoms with E-state index >= 15 is 0 Å². The highest BCUT2D eigenvalue weighted by molar-refractivity contribution is 7.80. The maximum absolute atomic E-state index is 5.52. The average Bonchev–Trinajstić information content (AvgIpc) is 2.82. The van der Waals surface area contributed by atoms with Gasteiger partial charge in [-0.25, -0.2) is 0 Å². The molecule has 0 amide bonds. The van der Waals surface area contributed by atoms with E-state index in [4.69, 9.17) is 27.4 Å². The molecule has 1 aromatic rings. The zero-order chi connectivity index (χ0) is 13.1. The first-order chi connectivity index (χ1) is 8.65. The Labute approximate surface area is 112 Å². The van der Waals surface area contributed by atoms with Gasteiger partial charge >= 0.3 is 0 Å². The zero-order valence-corrected chi connectivity index (χ0v) is 11.3. The molecule has 6 heteroatoms. The highest BCUT2D eigenvalue weighted by atomic mass is 32.1. The van der Waals surface area contributed by atoms with E-state index in [9.17, 15) is 0 Å². The van der Waals surface area contributed by atoms with Crippen molar-refractivity contribution in [3.63, 3.8) is 0 Å². The van der Waals surface area contributed by atoms with Crippen molar-refractivity contribution in [2.75, 3.05) is 32.2 Å². The molecule has 2 heterocycles. The summed E-state index contributed by atoms with van der Waals surface area (Å²) < 4.78 is 10.8. The third kappa shape index (κ3) is 2.60. The van der Waals surface area contributed by atoms with E-state index in [0.29, 0.717) is 10.7 Å². The number of thiocarbonyl (C=S) groups is 1. The van der Waals surface area contributed by atoms with Crippen molar-refractivity contribution in [3.8, 4) is 0 Å². The monoisotopic (exact) mass is 267 g/mol. The van der Waals surface area contributed by atoms with Crippen LogP contribution in [-0.4, -0.2) is 49.5 Å². The first kappa shape index (κ1) is 13.2. The van der Waals surface area contributed by atoms with E-state index in [1.165, 1.54) is 0 Å². The fourth-order valence-electron chi connectivity index (χ4n) is 2.13. The Bertz CT molecular complexity index is 412. The van der Waals surface area contributed by atoms with Crippen molar-refractivity contribution in [2.24, 2.45) is 5.73 Å². The summed E-state index contributed by atoms with van der Waals surface area (Å²) in [6, 6.07) is 3.80. The Balaban J connectivity index is 2.11. The predicted octanol–water partition coefficient (Wildman–Crippen LogP) is 0.566. The van der Waals surface area contributed by atoms with Gasteiger partial charge in [0.25, 0.3) is 0 Å². The van der Waals surface area contributed by atoms with Crippen molar-refractivity contribution in [1.29, 1.82) is 0 Å². The summed E-state index contributed by atoms with van der Waals surface area (Å²) in [5, 5.41) is 0. The fraction of sp³-hybridized carbons (Fsp3) is 0.500. The fourth-order valence-corrected chi connectivity index (χ4v) is 2.25. The van der Waals surface area contributed by atoms with Crippen LogP contribution >= 0.6 is 12.2 Å². The third-order valence-corrected chi connectivity index (χ3v) is 3.40. The molecule has 1 saturated heterocycles. The van der Waals surface area contributed by atoms with Crippen LogP contribution in [0.1, 0.15) is 5.69 Å². The SMILES string of the molecule is COC1CN(c2ccc(C(N)=S)nc2)CC1OC. The number of pyridine rings is 1. The van der Waals surface area contributed by atoms with Gasteiger partial charge in [-0.15, -0.1) is 0 Å². The summed E-state index contributed by atoms with van der Waals surface area (Å²) in [6.07, 6.45) is 1.95. The second-order valence-electron chi connectivity index (χ2n) is 4.22. The standard InChI is InChI=1S/C12H17N3O2S/c1-16-10-6-15(7-11(10)17-2)8-3-4-9(12(13)18)14-5-8/h3-5,10-11H,6-7H2,1-2H3,(H2,13,18). The van der Waals surface area contributed by atoms with Gasteiger partial charge in [0.2, 0.25) is 0 Å². The van der Waals surface area contributed by atoms with Gasteiger partial charge in [0.05, 0.1) is 17.6 Å². The van der Waals surface area contributed by atoms with Crippen LogP contribution in [0.3, 0.4) is 0 Å². The second-order valence-corrected chi connectivity index (χ2v) is 4.66. The Morgan fingerprint density at radius 2 is 1.94 bits per heavy atom. The molecule has 1 fully saturated rings. The van der Waals surface area contributed by atoms with Gasteiger partial charge in [0.15, 0.2) is 0 Å². The quantitative estimate of drug-likeness (QED) is 0.805. The van der Waals surface area contributed by atoms with Crippen LogP contribution in [0, 0.1) is 0 Å². The van der Waals surface area contributed by atoms with Gasteiger partial charge in [-0.1, -0.05) is 12.2 Å². The highest BCUT2D eigenvalue weighted by Gasteiger charge is 2.33. The van der Waals surface area contributed by atoms with Crippen LogP contribution in [-0.2, 0) is 9.47 Å². The minimum Gasteiger partial charge on any atom is -0.388 e. The van der Waals surface area contributed by atoms with Gasteiger partial charge < -0.3 is 20.1 Å². The number of hydrogen-bond donors (Lipinski definition) is 1. The minimum absolute atomic E-state index is 0.0882. The van der Waals surface area contributed by atoms with Crippen LogP contribution in [0.2, 0.25) is 0 Å². The molecular formula is C12H17N3O2S. The molecule has 2 N–H and O–H groups in total. The summed E-state index contributed by atoms with van der Waals surface area (Å²) in [7, 11) is 3.41. The van der Waals surface area contributed by atoms with Gasteiger partial charge in [-0.3, -0.25) is 4.98 Å². The van der Waals surface area contributed by atoms with E-state index in [0.717, 1.165) is 18.8 Å². The highest BCUT2D eigenvalue weighted by Crippen LogP contribution is 2.22. The molecule has 18 heavy (non-hydrogen) atoms. The van der Waals surface area contributed by atoms with Crippen molar-refractivity contribution >= 4 is 22.9 Å². The molecule has 1 aliphatic heterocycles. The minimum atomic E-state index is 0.0882. The first-order valence-electron chi connectivity index (χ1n) is 5.72. The molecule has 2 atom stereocenters.